The van der Waals surface area contributed by atoms with Crippen LogP contribution in [0.5, 0.6) is 17.2 Å². The number of nitrogens with one attached hydrogen (secondary N) is 3. The van der Waals surface area contributed by atoms with Gasteiger partial charge in [-0.05, 0) is 173 Å². The molecule has 5 heterocycles. The fraction of sp³-hybridized carbons (Fsp3) is 0.205. The number of ether oxygens (including phenoxy) is 5. The van der Waals surface area contributed by atoms with E-state index in [1.54, 1.807) is 109 Å². The van der Waals surface area contributed by atoms with Gasteiger partial charge in [-0.25, -0.2) is 0 Å². The molecule has 13 rings (SSSR count). The van der Waals surface area contributed by atoms with Crippen molar-refractivity contribution in [2.75, 3.05) is 18.5 Å². The molecule has 12 aromatic rings. The maximum atomic E-state index is 12.5. The third-order valence-corrected chi connectivity index (χ3v) is 18.7. The zero-order valence-corrected chi connectivity index (χ0v) is 75.0. The third kappa shape index (κ3) is 36.1. The van der Waals surface area contributed by atoms with E-state index < -0.39 is 36.2 Å². The molecule has 1 aliphatic rings. The number of benzene rings is 8. The number of hydrogen-bond donors (Lipinski definition) is 4. The number of fused-ring (bicyclic) bond motifs is 5. The van der Waals surface area contributed by atoms with E-state index in [4.69, 9.17) is 119 Å². The van der Waals surface area contributed by atoms with E-state index >= 15 is 0 Å². The summed E-state index contributed by atoms with van der Waals surface area (Å²) in [4.78, 5) is 71.0. The number of carbonyl (C=O) groups is 6. The monoisotopic (exact) mass is 2070 g/mol. The van der Waals surface area contributed by atoms with Gasteiger partial charge in [0.05, 0.1) is 49.9 Å². The smallest absolute Gasteiger partial charge is 0.481 e. The van der Waals surface area contributed by atoms with E-state index in [-0.39, 0.29) is 114 Å². The SMILES string of the molecule is CCC(=O)N=NC=O.CCOC(=O)Cc1c(Cl)[nH]c2cc(Cl)ccc12.CCOC(=O)Cc1c(Cl)n(Cc2cccc(OC(F)(F)F)c2)c2cc(Cl)ccc12.Clc1ccc2cc(Cl)[nH]c2c1.FC(F)(F)Oc1cccc(CBr)c1.O=C(O)Cc1c(Cl)n(Cc2cccc(OC(F)(F)F)c2)c2cc(Cl)ccc12.O=C1Cc2ccc(Cl)cc2N1.O=P(Cl)(Cl)Cl.[Cu]. The Balaban J connectivity index is 0.000000261. The Labute approximate surface area is 766 Å². The Kier molecular flexibility index (Phi) is 42.3. The molecule has 0 atom stereocenters. The van der Waals surface area contributed by atoms with Gasteiger partial charge < -0.3 is 53.2 Å². The van der Waals surface area contributed by atoms with Gasteiger partial charge in [-0.3, -0.25) is 33.3 Å². The van der Waals surface area contributed by atoms with Crippen molar-refractivity contribution in [2.24, 2.45) is 10.2 Å². The van der Waals surface area contributed by atoms with Gasteiger partial charge in [-0.1, -0.05) is 194 Å². The van der Waals surface area contributed by atoms with Crippen molar-refractivity contribution in [3.8, 4) is 17.2 Å². The van der Waals surface area contributed by atoms with E-state index in [2.05, 4.69) is 89.4 Å². The molecule has 8 aromatic carbocycles. The van der Waals surface area contributed by atoms with E-state index in [1.807, 2.05) is 36.4 Å². The summed E-state index contributed by atoms with van der Waals surface area (Å²) in [6.45, 7) is 6.01. The second-order valence-electron chi connectivity index (χ2n) is 24.2. The molecule has 20 nitrogen and oxygen atoms in total. The zero-order valence-electron chi connectivity index (χ0n) is 62.5. The predicted octanol–water partition coefficient (Wildman–Crippen LogP) is 27.2. The van der Waals surface area contributed by atoms with Crippen molar-refractivity contribution in [3.63, 3.8) is 0 Å². The average molecular weight is 2080 g/mol. The quantitative estimate of drug-likeness (QED) is 0.0119. The molecule has 3 amide bonds. The molecule has 1 aliphatic heterocycles. The number of carboxylic acids is 1. The molecule has 657 valence electrons. The molecule has 44 heteroatoms. The number of halogens is 22. The van der Waals surface area contributed by atoms with Crippen LogP contribution in [0.2, 0.25) is 45.7 Å². The number of aliphatic carboxylic acids is 1. The summed E-state index contributed by atoms with van der Waals surface area (Å²) in [5.74, 6) is -2.96. The van der Waals surface area contributed by atoms with Crippen LogP contribution in [-0.4, -0.2) is 92.6 Å². The van der Waals surface area contributed by atoms with Gasteiger partial charge in [0.15, 0.2) is 0 Å². The molecule has 4 aromatic heterocycles. The zero-order chi connectivity index (χ0) is 89.9. The fourth-order valence-electron chi connectivity index (χ4n) is 10.9. The van der Waals surface area contributed by atoms with Crippen LogP contribution in [0.15, 0.2) is 180 Å². The molecule has 0 unspecified atom stereocenters. The number of carbonyl (C=O) groups excluding carboxylic acids is 5. The maximum Gasteiger partial charge on any atom is 0.573 e. The van der Waals surface area contributed by atoms with Crippen molar-refractivity contribution in [3.05, 3.63) is 255 Å². The molecule has 0 aliphatic carbocycles. The Morgan fingerprint density at radius 3 is 1.39 bits per heavy atom. The Morgan fingerprint density at radius 2 is 0.943 bits per heavy atom. The van der Waals surface area contributed by atoms with Crippen LogP contribution < -0.4 is 19.5 Å². The standard InChI is InChI=1S/C20H16Cl2F3NO3.C18H12Cl2F3NO3.C12H11Cl2NO2.C8H6BrF3O.C8H5Cl2N.C8H6ClNO.C4H6N2O2.Cl3OP.Cu/c1-2-28-18(27)10-16-15-7-6-13(21)9-17(15)26(19(16)22)11-12-4-3-5-14(8-12)29-20(23,24)25;19-11-4-5-13-14(8-16(25)26)17(20)24(15(13)7-11)9-10-2-1-3-12(6-10)27-18(21,22)23;1-2-17-11(16)6-9-8-4-3-7(13)5-10(8)15-12(9)14;9-5-6-2-1-3-7(4-6)13-8(10,11)12;9-6-2-1-5-3-8(10)11-7(5)4-6;9-6-2-1-5-3-8(11)10-7(5)4-6;1-2-4(8)6-5-3-7;1-5(2,3)4;/h3-9H,2,10-11H2,1H3;1-7H,8-9H2,(H,25,26);3-5,15H,2,6H2,1H3;1-4H,5H2;1-4,11H;1-2,4H,3H2,(H,10,11);3H,2H2,1H3;;. The molecule has 0 fully saturated rings. The second kappa shape index (κ2) is 49.2. The largest absolute Gasteiger partial charge is 0.573 e. The number of rotatable bonds is 18. The van der Waals surface area contributed by atoms with Crippen molar-refractivity contribution >= 4 is 245 Å². The van der Waals surface area contributed by atoms with Crippen molar-refractivity contribution in [1.29, 1.82) is 0 Å². The first kappa shape index (κ1) is 105. The molecule has 0 bridgehead atoms. The minimum Gasteiger partial charge on any atom is -0.481 e. The summed E-state index contributed by atoms with van der Waals surface area (Å²) in [7, 11) is 0. The number of alkyl halides is 10. The predicted molar refractivity (Wildman–Crippen MR) is 458 cm³/mol. The summed E-state index contributed by atoms with van der Waals surface area (Å²) in [5.41, 5.74) is 8.42. The molecular formula is C78H62BrCl12CuF9N7O13P. The van der Waals surface area contributed by atoms with Gasteiger partial charge in [0.1, 0.15) is 37.9 Å². The van der Waals surface area contributed by atoms with Crippen LogP contribution in [0.1, 0.15) is 66.1 Å². The molecular weight excluding hydrogens is 2010 g/mol. The first-order valence-electron chi connectivity index (χ1n) is 34.4. The van der Waals surface area contributed by atoms with E-state index in [0.717, 1.165) is 54.6 Å². The molecule has 122 heavy (non-hydrogen) atoms. The van der Waals surface area contributed by atoms with Gasteiger partial charge in [0.2, 0.25) is 5.91 Å². The summed E-state index contributed by atoms with van der Waals surface area (Å²) in [5, 5.41) is 22.7. The van der Waals surface area contributed by atoms with Crippen molar-refractivity contribution < 1.29 is 119 Å². The molecule has 1 radical (unpaired) electrons. The van der Waals surface area contributed by atoms with E-state index in [1.165, 1.54) is 54.6 Å². The van der Waals surface area contributed by atoms with Crippen LogP contribution in [0.4, 0.5) is 45.2 Å². The fourth-order valence-corrected chi connectivity index (χ4v) is 13.2. The summed E-state index contributed by atoms with van der Waals surface area (Å²) < 4.78 is 144. The number of anilines is 1. The van der Waals surface area contributed by atoms with Gasteiger partial charge in [-0.15, -0.1) is 49.7 Å². The minimum absolute atomic E-state index is 0. The number of carboxylic acid groups (broad SMARTS) is 1. The van der Waals surface area contributed by atoms with Gasteiger partial charge in [0, 0.05) is 122 Å². The van der Waals surface area contributed by atoms with Crippen LogP contribution >= 0.6 is 159 Å². The number of azo groups is 1. The number of amides is 3. The normalized spacial score (nSPS) is 11.5. The molecule has 0 spiro atoms. The van der Waals surface area contributed by atoms with Crippen molar-refractivity contribution in [1.82, 2.24) is 19.1 Å². The van der Waals surface area contributed by atoms with E-state index in [9.17, 15) is 72.8 Å². The van der Waals surface area contributed by atoms with Crippen molar-refractivity contribution in [2.45, 2.75) is 90.4 Å². The average Bonchev–Trinajstić information content (AvgIpc) is 1.67. The maximum absolute atomic E-state index is 12.5. The number of hydrogen-bond acceptors (Lipinski definition) is 12. The van der Waals surface area contributed by atoms with Gasteiger partial charge in [-0.2, -0.15) is 0 Å². The summed E-state index contributed by atoms with van der Waals surface area (Å²) in [6.07, 6.45) is -13.4. The van der Waals surface area contributed by atoms with E-state index in [0.29, 0.717) is 87.4 Å². The Hall–Kier alpha value is -7.78. The van der Waals surface area contributed by atoms with Crippen LogP contribution in [0.3, 0.4) is 0 Å². The summed E-state index contributed by atoms with van der Waals surface area (Å²) >= 11 is 71.2. The number of nitrogens with zero attached hydrogens (tertiary/aromatic N) is 4. The molecule has 4 N–H and O–H groups in total. The van der Waals surface area contributed by atoms with Crippen LogP contribution in [-0.2, 0) is 104 Å². The number of H-pyrrole nitrogens is 2. The first-order chi connectivity index (χ1) is 56.8. The second-order valence-corrected chi connectivity index (χ2v) is 35.1. The number of aromatic amines is 2. The minimum atomic E-state index is -4.79. The van der Waals surface area contributed by atoms with Gasteiger partial charge >= 0.3 is 42.2 Å². The number of esters is 2. The topological polar surface area (TPSA) is 264 Å². The Morgan fingerprint density at radius 1 is 0.533 bits per heavy atom. The molecule has 0 saturated carbocycles. The first-order valence-corrected chi connectivity index (χ1v) is 43.3. The van der Waals surface area contributed by atoms with Crippen LogP contribution in [0.25, 0.3) is 43.6 Å². The van der Waals surface area contributed by atoms with Gasteiger partial charge in [0.25, 0.3) is 12.3 Å². The Bertz CT molecular complexity index is 5710. The number of aromatic nitrogens is 4. The third-order valence-electron chi connectivity index (χ3n) is 15.5. The molecule has 0 saturated heterocycles. The summed E-state index contributed by atoms with van der Waals surface area (Å²) in [6, 6.07) is 45.3. The van der Waals surface area contributed by atoms with Crippen LogP contribution in [0, 0.1) is 0 Å².